The molecule has 3 rings (SSSR count). The van der Waals surface area contributed by atoms with E-state index in [1.54, 1.807) is 36.4 Å². The highest BCUT2D eigenvalue weighted by Gasteiger charge is 2.27. The van der Waals surface area contributed by atoms with E-state index in [0.29, 0.717) is 33.4 Å². The molecule has 0 fully saturated rings. The maximum atomic E-state index is 13.5. The third kappa shape index (κ3) is 6.96. The monoisotopic (exact) mass is 579 g/mol. The topological polar surface area (TPSA) is 107 Å². The zero-order valence-electron chi connectivity index (χ0n) is 21.2. The lowest BCUT2D eigenvalue weighted by Crippen LogP contribution is -2.39. The van der Waals surface area contributed by atoms with Gasteiger partial charge in [0, 0.05) is 22.2 Å². The lowest BCUT2D eigenvalue weighted by molar-refractivity contribution is -0.121. The Hall–Kier alpha value is -3.31. The predicted octanol–water partition coefficient (Wildman–Crippen LogP) is 4.67. The van der Waals surface area contributed by atoms with Gasteiger partial charge in [0.05, 0.1) is 39.0 Å². The highest BCUT2D eigenvalue weighted by atomic mass is 35.5. The molecule has 0 unspecified atom stereocenters. The first kappa shape index (κ1) is 29.2. The molecule has 3 aromatic carbocycles. The molecular formula is C26H27Cl2N3O6S. The van der Waals surface area contributed by atoms with E-state index in [9.17, 15) is 13.2 Å². The van der Waals surface area contributed by atoms with Crippen LogP contribution in [-0.4, -0.2) is 52.7 Å². The summed E-state index contributed by atoms with van der Waals surface area (Å²) in [4.78, 5) is 12.9. The van der Waals surface area contributed by atoms with Crippen LogP contribution in [0.1, 0.15) is 16.7 Å². The molecule has 202 valence electrons. The lowest BCUT2D eigenvalue weighted by atomic mass is 10.2. The maximum Gasteiger partial charge on any atom is 0.255 e. The number of hydrogen-bond donors (Lipinski definition) is 1. The van der Waals surface area contributed by atoms with Crippen molar-refractivity contribution in [1.82, 2.24) is 9.73 Å². The van der Waals surface area contributed by atoms with Crippen LogP contribution in [0.5, 0.6) is 17.2 Å². The summed E-state index contributed by atoms with van der Waals surface area (Å²) in [7, 11) is 0.367. The fourth-order valence-electron chi connectivity index (χ4n) is 3.52. The normalized spacial score (nSPS) is 11.6. The van der Waals surface area contributed by atoms with Crippen molar-refractivity contribution >= 4 is 45.3 Å². The third-order valence-electron chi connectivity index (χ3n) is 5.47. The average molecular weight is 580 g/mol. The molecule has 1 amide bonds. The smallest absolute Gasteiger partial charge is 0.255 e. The molecule has 0 radical (unpaired) electrons. The van der Waals surface area contributed by atoms with E-state index in [-0.39, 0.29) is 16.5 Å². The van der Waals surface area contributed by atoms with Crippen molar-refractivity contribution in [2.45, 2.75) is 18.4 Å². The van der Waals surface area contributed by atoms with E-state index in [0.717, 1.165) is 9.87 Å². The molecule has 1 N–H and O–H groups in total. The van der Waals surface area contributed by atoms with Gasteiger partial charge in [-0.1, -0.05) is 47.0 Å². The van der Waals surface area contributed by atoms with Crippen LogP contribution in [0, 0.1) is 6.92 Å². The summed E-state index contributed by atoms with van der Waals surface area (Å²) in [6.45, 7) is 1.17. The van der Waals surface area contributed by atoms with Gasteiger partial charge >= 0.3 is 0 Å². The highest BCUT2D eigenvalue weighted by Crippen LogP contribution is 2.39. The van der Waals surface area contributed by atoms with Gasteiger partial charge in [-0.3, -0.25) is 4.79 Å². The number of aryl methyl sites for hydroxylation is 1. The Bertz CT molecular complexity index is 1430. The fourth-order valence-corrected chi connectivity index (χ4v) is 5.36. The third-order valence-corrected chi connectivity index (χ3v) is 7.86. The van der Waals surface area contributed by atoms with Gasteiger partial charge in [-0.2, -0.15) is 9.41 Å². The van der Waals surface area contributed by atoms with Crippen LogP contribution in [-0.2, 0) is 21.4 Å². The number of carbonyl (C=O) groups is 1. The van der Waals surface area contributed by atoms with Crippen LogP contribution in [0.25, 0.3) is 0 Å². The molecule has 0 aliphatic carbocycles. The minimum absolute atomic E-state index is 0.0413. The number of rotatable bonds is 11. The number of sulfonamides is 1. The van der Waals surface area contributed by atoms with E-state index < -0.39 is 22.5 Å². The number of nitrogens with zero attached hydrogens (tertiary/aromatic N) is 2. The molecule has 9 nitrogen and oxygen atoms in total. The first-order valence-electron chi connectivity index (χ1n) is 11.2. The number of methoxy groups -OCH3 is 3. The number of carbonyl (C=O) groups excluding carboxylic acids is 1. The molecular weight excluding hydrogens is 553 g/mol. The Balaban J connectivity index is 1.85. The maximum absolute atomic E-state index is 13.5. The molecule has 0 heterocycles. The zero-order chi connectivity index (χ0) is 27.9. The van der Waals surface area contributed by atoms with Crippen LogP contribution in [0.3, 0.4) is 0 Å². The Morgan fingerprint density at radius 2 is 1.66 bits per heavy atom. The van der Waals surface area contributed by atoms with Crippen molar-refractivity contribution in [1.29, 1.82) is 0 Å². The SMILES string of the molecule is COc1ccc(/C=N\NC(=O)CN(Cc2ccc(Cl)cc2Cl)S(=O)(=O)c2ccc(C)cc2)c(OC)c1OC. The van der Waals surface area contributed by atoms with E-state index in [4.69, 9.17) is 37.4 Å². The number of ether oxygens (including phenoxy) is 3. The largest absolute Gasteiger partial charge is 0.493 e. The number of benzene rings is 3. The summed E-state index contributed by atoms with van der Waals surface area (Å²) in [6, 6.07) is 14.4. The number of hydrazone groups is 1. The van der Waals surface area contributed by atoms with Gasteiger partial charge in [0.25, 0.3) is 5.91 Å². The molecule has 0 aliphatic heterocycles. The van der Waals surface area contributed by atoms with Gasteiger partial charge in [-0.05, 0) is 48.9 Å². The lowest BCUT2D eigenvalue weighted by Gasteiger charge is -2.22. The van der Waals surface area contributed by atoms with Crippen LogP contribution in [0.2, 0.25) is 10.0 Å². The number of halogens is 2. The van der Waals surface area contributed by atoms with Crippen LogP contribution >= 0.6 is 23.2 Å². The number of nitrogens with one attached hydrogen (secondary N) is 1. The molecule has 0 saturated heterocycles. The first-order valence-corrected chi connectivity index (χ1v) is 13.4. The Morgan fingerprint density at radius 1 is 0.974 bits per heavy atom. The van der Waals surface area contributed by atoms with Crippen molar-refractivity contribution in [3.8, 4) is 17.2 Å². The Kier molecular flexibility index (Phi) is 9.98. The van der Waals surface area contributed by atoms with Gasteiger partial charge in [-0.15, -0.1) is 0 Å². The van der Waals surface area contributed by atoms with E-state index in [1.165, 1.54) is 45.7 Å². The van der Waals surface area contributed by atoms with Gasteiger partial charge in [0.15, 0.2) is 11.5 Å². The quantitative estimate of drug-likeness (QED) is 0.261. The minimum Gasteiger partial charge on any atom is -0.493 e. The van der Waals surface area contributed by atoms with Crippen LogP contribution in [0.4, 0.5) is 0 Å². The molecule has 3 aromatic rings. The predicted molar refractivity (Wildman–Crippen MR) is 147 cm³/mol. The highest BCUT2D eigenvalue weighted by molar-refractivity contribution is 7.89. The molecule has 38 heavy (non-hydrogen) atoms. The van der Waals surface area contributed by atoms with E-state index in [2.05, 4.69) is 10.5 Å². The average Bonchev–Trinajstić information content (AvgIpc) is 2.89. The fraction of sp³-hybridized carbons (Fsp3) is 0.231. The summed E-state index contributed by atoms with van der Waals surface area (Å²) >= 11 is 12.3. The van der Waals surface area contributed by atoms with Crippen LogP contribution in [0.15, 0.2) is 64.6 Å². The molecule has 0 bridgehead atoms. The molecule has 0 aliphatic rings. The van der Waals surface area contributed by atoms with Gasteiger partial charge < -0.3 is 14.2 Å². The van der Waals surface area contributed by atoms with Crippen molar-refractivity contribution in [2.75, 3.05) is 27.9 Å². The summed E-state index contributed by atoms with van der Waals surface area (Å²) < 4.78 is 44.0. The summed E-state index contributed by atoms with van der Waals surface area (Å²) in [5.74, 6) is 0.510. The van der Waals surface area contributed by atoms with Crippen molar-refractivity contribution in [3.05, 3.63) is 81.3 Å². The van der Waals surface area contributed by atoms with Crippen molar-refractivity contribution < 1.29 is 27.4 Å². The van der Waals surface area contributed by atoms with Crippen molar-refractivity contribution in [3.63, 3.8) is 0 Å². The second kappa shape index (κ2) is 13.0. The standard InChI is InChI=1S/C26H27Cl2N3O6S/c1-17-5-10-21(11-6-17)38(33,34)31(15-19-7-9-20(27)13-22(19)28)16-24(32)30-29-14-18-8-12-23(35-2)26(37-4)25(18)36-3/h5-14H,15-16H2,1-4H3,(H,30,32)/b29-14-. The Labute approximate surface area is 232 Å². The van der Waals surface area contributed by atoms with E-state index >= 15 is 0 Å². The van der Waals surface area contributed by atoms with Crippen LogP contribution < -0.4 is 19.6 Å². The van der Waals surface area contributed by atoms with E-state index in [1.807, 2.05) is 6.92 Å². The summed E-state index contributed by atoms with van der Waals surface area (Å²) in [5, 5.41) is 4.66. The molecule has 0 saturated carbocycles. The second-order valence-corrected chi connectivity index (χ2v) is 10.8. The number of hydrogen-bond acceptors (Lipinski definition) is 7. The number of amides is 1. The van der Waals surface area contributed by atoms with Gasteiger partial charge in [0.2, 0.25) is 15.8 Å². The summed E-state index contributed by atoms with van der Waals surface area (Å²) in [6.07, 6.45) is 1.35. The van der Waals surface area contributed by atoms with Gasteiger partial charge in [0.1, 0.15) is 0 Å². The molecule has 0 atom stereocenters. The zero-order valence-corrected chi connectivity index (χ0v) is 23.5. The minimum atomic E-state index is -4.06. The molecule has 0 aromatic heterocycles. The second-order valence-electron chi connectivity index (χ2n) is 8.04. The summed E-state index contributed by atoms with van der Waals surface area (Å²) in [5.41, 5.74) is 4.25. The van der Waals surface area contributed by atoms with Crippen molar-refractivity contribution in [2.24, 2.45) is 5.10 Å². The molecule has 0 spiro atoms. The van der Waals surface area contributed by atoms with Gasteiger partial charge in [-0.25, -0.2) is 13.8 Å². The first-order chi connectivity index (χ1) is 18.1. The Morgan fingerprint density at radius 3 is 2.26 bits per heavy atom. The molecule has 12 heteroatoms.